The number of likely N-dealkylation sites (N-methyl/N-ethyl adjacent to an activating group) is 1. The van der Waals surface area contributed by atoms with Crippen LogP contribution in [0.3, 0.4) is 0 Å². The van der Waals surface area contributed by atoms with E-state index in [2.05, 4.69) is 4.98 Å². The zero-order valence-corrected chi connectivity index (χ0v) is 13.7. The molecule has 2 heterocycles. The number of amides is 1. The third-order valence-corrected chi connectivity index (χ3v) is 4.28. The lowest BCUT2D eigenvalue weighted by atomic mass is 9.94. The summed E-state index contributed by atoms with van der Waals surface area (Å²) in [6, 6.07) is 6.68. The Morgan fingerprint density at radius 2 is 1.83 bits per heavy atom. The van der Waals surface area contributed by atoms with Crippen LogP contribution in [0.1, 0.15) is 15.9 Å². The Hall–Kier alpha value is -3.00. The van der Waals surface area contributed by atoms with Gasteiger partial charge in [-0.15, -0.1) is 0 Å². The van der Waals surface area contributed by atoms with Crippen LogP contribution in [0.2, 0.25) is 0 Å². The largest absolute Gasteiger partial charge is 0.494 e. The Morgan fingerprint density at radius 3 is 2.54 bits per heavy atom. The summed E-state index contributed by atoms with van der Waals surface area (Å²) >= 11 is 4.89. The van der Waals surface area contributed by atoms with Crippen molar-refractivity contribution in [1.82, 2.24) is 9.55 Å². The summed E-state index contributed by atoms with van der Waals surface area (Å²) in [5.74, 6) is -1.47. The number of Topliss-reactive ketones (excluding diaryl/α,β-unsaturated/α-hetero) is 1. The molecule has 7 nitrogen and oxygen atoms in total. The molecular weight excluding hydrogens is 330 g/mol. The molecule has 0 saturated carbocycles. The molecule has 1 aromatic heterocycles. The number of aromatic amines is 1. The summed E-state index contributed by atoms with van der Waals surface area (Å²) in [4.78, 5) is 40.9. The van der Waals surface area contributed by atoms with Crippen LogP contribution < -0.4 is 10.5 Å². The molecule has 1 aromatic carbocycles. The summed E-state index contributed by atoms with van der Waals surface area (Å²) in [5, 5.41) is 10.1. The van der Waals surface area contributed by atoms with Crippen molar-refractivity contribution in [3.63, 3.8) is 0 Å². The van der Waals surface area contributed by atoms with E-state index in [1.165, 1.54) is 23.6 Å². The number of carbonyl (C=O) groups is 2. The van der Waals surface area contributed by atoms with Crippen LogP contribution >= 0.6 is 12.2 Å². The number of H-pyrrole nitrogens is 1. The van der Waals surface area contributed by atoms with Gasteiger partial charge in [0.05, 0.1) is 11.3 Å². The van der Waals surface area contributed by atoms with Crippen LogP contribution in [0.4, 0.5) is 5.69 Å². The quantitative estimate of drug-likeness (QED) is 0.463. The second kappa shape index (κ2) is 5.57. The Morgan fingerprint density at radius 1 is 1.17 bits per heavy atom. The van der Waals surface area contributed by atoms with Gasteiger partial charge in [0.15, 0.2) is 4.77 Å². The molecule has 24 heavy (non-hydrogen) atoms. The SMILES string of the molecule is CN1C(=O)C(=Cc2c(O)n(C)c(=S)[nH]c2=O)C(=O)c2ccccc21. The second-order valence-electron chi connectivity index (χ2n) is 5.32. The average Bonchev–Trinajstić information content (AvgIpc) is 2.57. The predicted molar refractivity (Wildman–Crippen MR) is 90.7 cm³/mol. The lowest BCUT2D eigenvalue weighted by Crippen LogP contribution is -2.36. The molecule has 0 bridgehead atoms. The highest BCUT2D eigenvalue weighted by molar-refractivity contribution is 7.71. The normalized spacial score (nSPS) is 15.8. The Kier molecular flexibility index (Phi) is 3.69. The zero-order valence-electron chi connectivity index (χ0n) is 12.9. The summed E-state index contributed by atoms with van der Waals surface area (Å²) in [5.41, 5.74) is -0.227. The fourth-order valence-corrected chi connectivity index (χ4v) is 2.70. The third-order valence-electron chi connectivity index (χ3n) is 3.91. The van der Waals surface area contributed by atoms with Gasteiger partial charge >= 0.3 is 0 Å². The topological polar surface area (TPSA) is 95.4 Å². The number of ketones is 1. The van der Waals surface area contributed by atoms with Crippen LogP contribution in [0.5, 0.6) is 5.88 Å². The molecule has 0 radical (unpaired) electrons. The number of nitrogens with zero attached hydrogens (tertiary/aromatic N) is 2. The standard InChI is InChI=1S/C16H13N3O4S/c1-18-11-6-4-3-5-8(11)12(20)9(14(18)22)7-10-13(21)17-16(24)19(2)15(10)23/h3-7,23H,1-2H3,(H,17,21,24). The number of hydrogen-bond donors (Lipinski definition) is 2. The van der Waals surface area contributed by atoms with Gasteiger partial charge in [-0.2, -0.15) is 0 Å². The van der Waals surface area contributed by atoms with E-state index in [4.69, 9.17) is 12.2 Å². The number of anilines is 1. The fraction of sp³-hybridized carbons (Fsp3) is 0.125. The molecule has 0 saturated heterocycles. The van der Waals surface area contributed by atoms with Gasteiger partial charge < -0.3 is 10.0 Å². The van der Waals surface area contributed by atoms with Gasteiger partial charge in [-0.25, -0.2) is 0 Å². The van der Waals surface area contributed by atoms with Crippen molar-refractivity contribution >= 4 is 35.7 Å². The first-order valence-electron chi connectivity index (χ1n) is 6.98. The second-order valence-corrected chi connectivity index (χ2v) is 5.71. The van der Waals surface area contributed by atoms with Crippen LogP contribution in [-0.2, 0) is 11.8 Å². The number of benzene rings is 1. The predicted octanol–water partition coefficient (Wildman–Crippen LogP) is 1.39. The van der Waals surface area contributed by atoms with Crippen molar-refractivity contribution < 1.29 is 14.7 Å². The number of hydrogen-bond acceptors (Lipinski definition) is 5. The fourth-order valence-electron chi connectivity index (χ4n) is 2.52. The van der Waals surface area contributed by atoms with Gasteiger partial charge in [0.25, 0.3) is 11.5 Å². The minimum absolute atomic E-state index is 0.0309. The lowest BCUT2D eigenvalue weighted by Gasteiger charge is -2.26. The molecule has 1 aliphatic heterocycles. The molecule has 0 atom stereocenters. The number of fused-ring (bicyclic) bond motifs is 1. The number of para-hydroxylation sites is 1. The lowest BCUT2D eigenvalue weighted by molar-refractivity contribution is -0.114. The number of rotatable bonds is 1. The maximum atomic E-state index is 12.6. The molecule has 0 spiro atoms. The minimum atomic E-state index is -0.676. The van der Waals surface area contributed by atoms with E-state index in [-0.39, 0.29) is 15.9 Å². The van der Waals surface area contributed by atoms with E-state index in [1.807, 2.05) is 0 Å². The smallest absolute Gasteiger partial charge is 0.262 e. The van der Waals surface area contributed by atoms with E-state index < -0.39 is 23.1 Å². The monoisotopic (exact) mass is 343 g/mol. The summed E-state index contributed by atoms with van der Waals surface area (Å²) < 4.78 is 1.21. The Labute approximate surface area is 141 Å². The van der Waals surface area contributed by atoms with Crippen LogP contribution in [0.15, 0.2) is 34.6 Å². The van der Waals surface area contributed by atoms with Crippen molar-refractivity contribution in [2.24, 2.45) is 7.05 Å². The van der Waals surface area contributed by atoms with Gasteiger partial charge in [0, 0.05) is 19.7 Å². The molecular formula is C16H13N3O4S. The van der Waals surface area contributed by atoms with E-state index in [9.17, 15) is 19.5 Å². The molecule has 1 aliphatic rings. The molecule has 3 rings (SSSR count). The number of nitrogens with one attached hydrogen (secondary N) is 1. The van der Waals surface area contributed by atoms with Crippen LogP contribution in [-0.4, -0.2) is 33.4 Å². The van der Waals surface area contributed by atoms with E-state index in [0.29, 0.717) is 11.3 Å². The van der Waals surface area contributed by atoms with Crippen molar-refractivity contribution in [3.05, 3.63) is 56.1 Å². The summed E-state index contributed by atoms with van der Waals surface area (Å²) in [6.45, 7) is 0. The highest BCUT2D eigenvalue weighted by Gasteiger charge is 2.32. The van der Waals surface area contributed by atoms with Crippen molar-refractivity contribution in [2.45, 2.75) is 0 Å². The van der Waals surface area contributed by atoms with Gasteiger partial charge in [0.1, 0.15) is 5.56 Å². The van der Waals surface area contributed by atoms with Crippen LogP contribution in [0.25, 0.3) is 6.08 Å². The molecule has 0 unspecified atom stereocenters. The summed E-state index contributed by atoms with van der Waals surface area (Å²) in [6.07, 6.45) is 1.10. The Bertz CT molecular complexity index is 1030. The van der Waals surface area contributed by atoms with E-state index >= 15 is 0 Å². The highest BCUT2D eigenvalue weighted by atomic mass is 32.1. The molecule has 2 N–H and O–H groups in total. The molecule has 1 amide bonds. The maximum absolute atomic E-state index is 12.6. The van der Waals surface area contributed by atoms with Crippen molar-refractivity contribution in [2.75, 3.05) is 11.9 Å². The van der Waals surface area contributed by atoms with Gasteiger partial charge in [-0.1, -0.05) is 12.1 Å². The summed E-state index contributed by atoms with van der Waals surface area (Å²) in [7, 11) is 3.00. The molecule has 8 heteroatoms. The van der Waals surface area contributed by atoms with Crippen molar-refractivity contribution in [1.29, 1.82) is 0 Å². The first kappa shape index (κ1) is 15.9. The van der Waals surface area contributed by atoms with Crippen molar-refractivity contribution in [3.8, 4) is 5.88 Å². The number of aromatic nitrogens is 2. The average molecular weight is 343 g/mol. The molecule has 0 aliphatic carbocycles. The Balaban J connectivity index is 2.25. The zero-order chi connectivity index (χ0) is 17.6. The number of aromatic hydroxyl groups is 1. The first-order valence-corrected chi connectivity index (χ1v) is 7.39. The van der Waals surface area contributed by atoms with E-state index in [1.54, 1.807) is 24.3 Å². The molecule has 0 fully saturated rings. The van der Waals surface area contributed by atoms with Gasteiger partial charge in [-0.3, -0.25) is 23.9 Å². The minimum Gasteiger partial charge on any atom is -0.494 e. The number of carbonyl (C=O) groups excluding carboxylic acids is 2. The molecule has 2 aromatic rings. The first-order chi connectivity index (χ1) is 11.3. The van der Waals surface area contributed by atoms with Gasteiger partial charge in [0.2, 0.25) is 11.7 Å². The molecule has 122 valence electrons. The van der Waals surface area contributed by atoms with Gasteiger partial charge in [-0.05, 0) is 30.4 Å². The van der Waals surface area contributed by atoms with Crippen LogP contribution in [0, 0.1) is 4.77 Å². The third kappa shape index (κ3) is 2.28. The maximum Gasteiger partial charge on any atom is 0.262 e. The highest BCUT2D eigenvalue weighted by Crippen LogP contribution is 2.30. The van der Waals surface area contributed by atoms with E-state index in [0.717, 1.165) is 6.08 Å².